The van der Waals surface area contributed by atoms with Gasteiger partial charge in [-0.15, -0.1) is 0 Å². The number of carboxylic acid groups (broad SMARTS) is 1. The summed E-state index contributed by atoms with van der Waals surface area (Å²) in [5.41, 5.74) is 4.29. The van der Waals surface area contributed by atoms with Crippen LogP contribution in [0.3, 0.4) is 0 Å². The second-order valence-corrected chi connectivity index (χ2v) is 11.6. The number of aryl methyl sites for hydroxylation is 1. The van der Waals surface area contributed by atoms with Crippen molar-refractivity contribution in [2.45, 2.75) is 77.7 Å². The van der Waals surface area contributed by atoms with E-state index in [9.17, 15) is 19.5 Å². The van der Waals surface area contributed by atoms with Gasteiger partial charge in [0.25, 0.3) is 5.91 Å². The molecule has 1 aliphatic carbocycles. The average Bonchev–Trinajstić information content (AvgIpc) is 2.95. The van der Waals surface area contributed by atoms with Gasteiger partial charge in [0.1, 0.15) is 6.04 Å². The zero-order valence-electron chi connectivity index (χ0n) is 23.7. The minimum absolute atomic E-state index is 0. The molecule has 0 spiro atoms. The van der Waals surface area contributed by atoms with Crippen LogP contribution in [0.15, 0.2) is 42.5 Å². The van der Waals surface area contributed by atoms with Crippen LogP contribution in [0, 0.1) is 12.8 Å². The number of hydrogen-bond donors (Lipinski definition) is 2. The number of carbonyl (C=O) groups excluding carboxylic acids is 2. The summed E-state index contributed by atoms with van der Waals surface area (Å²) in [7, 11) is 0. The van der Waals surface area contributed by atoms with Gasteiger partial charge in [-0.1, -0.05) is 69.0 Å². The Morgan fingerprint density at radius 1 is 1.05 bits per heavy atom. The van der Waals surface area contributed by atoms with Crippen molar-refractivity contribution in [3.8, 4) is 11.1 Å². The van der Waals surface area contributed by atoms with Crippen LogP contribution in [0.1, 0.15) is 79.8 Å². The van der Waals surface area contributed by atoms with Crippen molar-refractivity contribution in [2.24, 2.45) is 5.92 Å². The first-order chi connectivity index (χ1) is 18.8. The summed E-state index contributed by atoms with van der Waals surface area (Å²) in [4.78, 5) is 40.5. The Morgan fingerprint density at radius 2 is 1.77 bits per heavy atom. The molecule has 2 amide bonds. The molecule has 0 unspecified atom stereocenters. The molecule has 0 aliphatic heterocycles. The quantitative estimate of drug-likeness (QED) is 0.290. The standard InChI is InChI=1S/C32H44N2O4S.Li.H/c1-4-5-19-34(31(36)25-12-7-6-8-13-25)20-17-24-15-16-27(28(22-24)26-14-10-9-11-23(26)2)30(35)33-29(32(37)38)18-21-39-3;;/h9-11,14-16,22,25,29H,4-8,12-13,17-21H2,1-3H3,(H,33,35)(H,37,38);;/t29-;;/m0../s1. The Bertz CT molecular complexity index is 1120. The topological polar surface area (TPSA) is 86.7 Å². The molecule has 2 aromatic rings. The third kappa shape index (κ3) is 9.71. The van der Waals surface area contributed by atoms with E-state index in [2.05, 4.69) is 17.1 Å². The number of carboxylic acids is 1. The van der Waals surface area contributed by atoms with Gasteiger partial charge in [0.15, 0.2) is 0 Å². The van der Waals surface area contributed by atoms with Crippen LogP contribution in [0.5, 0.6) is 0 Å². The molecule has 0 saturated heterocycles. The first-order valence-electron chi connectivity index (χ1n) is 14.4. The number of nitrogens with one attached hydrogen (secondary N) is 1. The van der Waals surface area contributed by atoms with Crippen molar-refractivity contribution in [2.75, 3.05) is 25.1 Å². The van der Waals surface area contributed by atoms with E-state index in [0.717, 1.165) is 67.3 Å². The number of nitrogens with zero attached hydrogens (tertiary/aromatic N) is 1. The summed E-state index contributed by atoms with van der Waals surface area (Å²) in [6.07, 6.45) is 10.5. The van der Waals surface area contributed by atoms with E-state index in [0.29, 0.717) is 36.6 Å². The van der Waals surface area contributed by atoms with Gasteiger partial charge in [-0.25, -0.2) is 4.79 Å². The number of rotatable bonds is 14. The molecule has 0 radical (unpaired) electrons. The molecule has 2 N–H and O–H groups in total. The van der Waals surface area contributed by atoms with Gasteiger partial charge < -0.3 is 15.3 Å². The zero-order chi connectivity index (χ0) is 28.2. The first kappa shape index (κ1) is 34.0. The second kappa shape index (κ2) is 17.6. The molecule has 1 aliphatic rings. The van der Waals surface area contributed by atoms with E-state index in [1.165, 1.54) is 6.42 Å². The van der Waals surface area contributed by atoms with Crippen LogP contribution < -0.4 is 5.32 Å². The Labute approximate surface area is 256 Å². The van der Waals surface area contributed by atoms with Crippen LogP contribution in [-0.4, -0.2) is 77.8 Å². The van der Waals surface area contributed by atoms with Crippen molar-refractivity contribution < 1.29 is 19.5 Å². The fraction of sp³-hybridized carbons (Fsp3) is 0.531. The fourth-order valence-electron chi connectivity index (χ4n) is 5.32. The minimum atomic E-state index is -1.03. The maximum absolute atomic E-state index is 13.4. The third-order valence-electron chi connectivity index (χ3n) is 7.70. The van der Waals surface area contributed by atoms with E-state index < -0.39 is 12.0 Å². The first-order valence-corrected chi connectivity index (χ1v) is 15.7. The molecule has 214 valence electrons. The van der Waals surface area contributed by atoms with E-state index in [4.69, 9.17) is 0 Å². The summed E-state index contributed by atoms with van der Waals surface area (Å²) < 4.78 is 0. The van der Waals surface area contributed by atoms with Crippen molar-refractivity contribution in [1.82, 2.24) is 10.2 Å². The van der Waals surface area contributed by atoms with Gasteiger partial charge in [0.05, 0.1) is 0 Å². The van der Waals surface area contributed by atoms with Gasteiger partial charge in [0.2, 0.25) is 5.91 Å². The molecule has 1 fully saturated rings. The molecule has 3 rings (SSSR count). The molecular formula is C32H45LiN2O4S. The molecule has 0 bridgehead atoms. The van der Waals surface area contributed by atoms with E-state index >= 15 is 0 Å². The van der Waals surface area contributed by atoms with Crippen LogP contribution in [0.2, 0.25) is 0 Å². The van der Waals surface area contributed by atoms with Crippen LogP contribution >= 0.6 is 11.8 Å². The molecular weight excluding hydrogens is 515 g/mol. The SMILES string of the molecule is CCCCN(CCc1ccc(C(=O)N[C@@H](CCSC)C(=O)O)c(-c2ccccc2C)c1)C(=O)C1CCCCC1.[LiH]. The summed E-state index contributed by atoms with van der Waals surface area (Å²) in [5, 5.41) is 12.4. The summed E-state index contributed by atoms with van der Waals surface area (Å²) >= 11 is 1.55. The summed E-state index contributed by atoms with van der Waals surface area (Å²) in [5.74, 6) is -0.318. The van der Waals surface area contributed by atoms with Crippen molar-refractivity contribution in [3.05, 3.63) is 59.2 Å². The number of amides is 2. The number of carbonyl (C=O) groups is 3. The number of hydrogen-bond acceptors (Lipinski definition) is 4. The summed E-state index contributed by atoms with van der Waals surface area (Å²) in [6, 6.07) is 12.8. The predicted octanol–water partition coefficient (Wildman–Crippen LogP) is 5.70. The van der Waals surface area contributed by atoms with E-state index in [1.807, 2.05) is 49.6 Å². The molecule has 8 heteroatoms. The Morgan fingerprint density at radius 3 is 2.42 bits per heavy atom. The van der Waals surface area contributed by atoms with Gasteiger partial charge in [-0.2, -0.15) is 11.8 Å². The van der Waals surface area contributed by atoms with Crippen LogP contribution in [0.25, 0.3) is 11.1 Å². The monoisotopic (exact) mass is 560 g/mol. The third-order valence-corrected chi connectivity index (χ3v) is 8.34. The van der Waals surface area contributed by atoms with Gasteiger partial charge in [0, 0.05) is 24.6 Å². The second-order valence-electron chi connectivity index (χ2n) is 10.6. The van der Waals surface area contributed by atoms with Crippen LogP contribution in [-0.2, 0) is 16.0 Å². The van der Waals surface area contributed by atoms with Crippen molar-refractivity contribution in [1.29, 1.82) is 0 Å². The van der Waals surface area contributed by atoms with Gasteiger partial charge >= 0.3 is 24.8 Å². The molecule has 0 heterocycles. The fourth-order valence-corrected chi connectivity index (χ4v) is 5.80. The molecule has 1 atom stereocenters. The Balaban J connectivity index is 0.00000560. The number of benzene rings is 2. The average molecular weight is 561 g/mol. The number of thioether (sulfide) groups is 1. The number of aliphatic carboxylic acids is 1. The van der Waals surface area contributed by atoms with E-state index in [-0.39, 0.29) is 30.7 Å². The van der Waals surface area contributed by atoms with Gasteiger partial charge in [-0.3, -0.25) is 9.59 Å². The molecule has 0 aromatic heterocycles. The maximum atomic E-state index is 13.4. The molecule has 40 heavy (non-hydrogen) atoms. The van der Waals surface area contributed by atoms with Crippen LogP contribution in [0.4, 0.5) is 0 Å². The Hall–Kier alpha value is -2.20. The Kier molecular flexibility index (Phi) is 14.9. The number of unbranched alkanes of at least 4 members (excludes halogenated alkanes) is 1. The zero-order valence-corrected chi connectivity index (χ0v) is 24.5. The molecule has 6 nitrogen and oxygen atoms in total. The summed E-state index contributed by atoms with van der Waals surface area (Å²) in [6.45, 7) is 5.60. The van der Waals surface area contributed by atoms with Gasteiger partial charge in [-0.05, 0) is 79.4 Å². The predicted molar refractivity (Wildman–Crippen MR) is 167 cm³/mol. The van der Waals surface area contributed by atoms with E-state index in [1.54, 1.807) is 17.8 Å². The normalized spacial score (nSPS) is 14.2. The molecule has 2 aromatic carbocycles. The molecule has 1 saturated carbocycles. The van der Waals surface area contributed by atoms with Crippen molar-refractivity contribution in [3.63, 3.8) is 0 Å². The van der Waals surface area contributed by atoms with Crippen molar-refractivity contribution >= 4 is 48.4 Å².